The average molecular weight is 198 g/mol. The zero-order chi connectivity index (χ0) is 10.6. The number of guanidine groups is 1. The van der Waals surface area contributed by atoms with E-state index < -0.39 is 0 Å². The Bertz CT molecular complexity index is 202. The minimum absolute atomic E-state index is 0.488. The summed E-state index contributed by atoms with van der Waals surface area (Å²) in [4.78, 5) is 6.50. The number of nitrogens with zero attached hydrogens (tertiary/aromatic N) is 2. The molecule has 0 aromatic rings. The molecule has 0 aliphatic carbocycles. The standard InChI is InChI=1S/C10H22N4/c1-4-12-10(11)13-9-5-6-14(3)7-8(9)2/h8-9H,4-7H2,1-3H3,(H3,11,12,13). The quantitative estimate of drug-likeness (QED) is 0.494. The molecule has 1 fully saturated rings. The summed E-state index contributed by atoms with van der Waals surface area (Å²) in [7, 11) is 2.16. The Labute approximate surface area is 86.6 Å². The van der Waals surface area contributed by atoms with Gasteiger partial charge < -0.3 is 16.0 Å². The summed E-state index contributed by atoms with van der Waals surface area (Å²) in [6.45, 7) is 7.28. The van der Waals surface area contributed by atoms with Gasteiger partial charge in [0.05, 0.1) is 0 Å². The van der Waals surface area contributed by atoms with Gasteiger partial charge in [-0.05, 0) is 32.9 Å². The number of nitrogens with one attached hydrogen (secondary N) is 1. The Morgan fingerprint density at radius 3 is 2.93 bits per heavy atom. The van der Waals surface area contributed by atoms with Gasteiger partial charge in [0.2, 0.25) is 0 Å². The third-order valence-electron chi connectivity index (χ3n) is 2.77. The molecule has 1 rings (SSSR count). The Kier molecular flexibility index (Phi) is 4.20. The summed E-state index contributed by atoms with van der Waals surface area (Å²) in [5, 5.41) is 3.29. The number of likely N-dealkylation sites (tertiary alicyclic amines) is 1. The van der Waals surface area contributed by atoms with Crippen LogP contribution in [-0.4, -0.2) is 43.6 Å². The molecule has 2 unspecified atom stereocenters. The van der Waals surface area contributed by atoms with Crippen LogP contribution in [0.1, 0.15) is 20.3 Å². The molecule has 4 nitrogen and oxygen atoms in total. The molecule has 0 saturated carbocycles. The first-order valence-electron chi connectivity index (χ1n) is 5.38. The average Bonchev–Trinajstić information content (AvgIpc) is 2.10. The van der Waals surface area contributed by atoms with Gasteiger partial charge in [0.15, 0.2) is 5.96 Å². The van der Waals surface area contributed by atoms with Crippen LogP contribution < -0.4 is 11.1 Å². The first kappa shape index (κ1) is 11.3. The molecule has 1 heterocycles. The molecule has 0 amide bonds. The highest BCUT2D eigenvalue weighted by Crippen LogP contribution is 2.14. The number of aliphatic imine (C=N–C) groups is 1. The molecule has 14 heavy (non-hydrogen) atoms. The Morgan fingerprint density at radius 2 is 2.36 bits per heavy atom. The minimum Gasteiger partial charge on any atom is -0.370 e. The molecule has 0 radical (unpaired) electrons. The van der Waals surface area contributed by atoms with E-state index >= 15 is 0 Å². The maximum Gasteiger partial charge on any atom is 0.188 e. The second-order valence-corrected chi connectivity index (χ2v) is 4.14. The van der Waals surface area contributed by atoms with Crippen molar-refractivity contribution < 1.29 is 0 Å². The van der Waals surface area contributed by atoms with E-state index in [9.17, 15) is 0 Å². The van der Waals surface area contributed by atoms with Crippen molar-refractivity contribution in [3.63, 3.8) is 0 Å². The molecule has 1 aliphatic rings. The van der Waals surface area contributed by atoms with Crippen molar-refractivity contribution in [3.8, 4) is 0 Å². The van der Waals surface area contributed by atoms with Gasteiger partial charge in [0, 0.05) is 19.1 Å². The van der Waals surface area contributed by atoms with Crippen molar-refractivity contribution in [2.45, 2.75) is 26.3 Å². The monoisotopic (exact) mass is 198 g/mol. The summed E-state index contributed by atoms with van der Waals surface area (Å²) >= 11 is 0. The third kappa shape index (κ3) is 3.18. The topological polar surface area (TPSA) is 53.6 Å². The van der Waals surface area contributed by atoms with Crippen LogP contribution in [0.15, 0.2) is 4.99 Å². The molecule has 82 valence electrons. The van der Waals surface area contributed by atoms with Crippen LogP contribution in [0.5, 0.6) is 0 Å². The normalized spacial score (nSPS) is 30.4. The van der Waals surface area contributed by atoms with Crippen LogP contribution in [0, 0.1) is 5.92 Å². The van der Waals surface area contributed by atoms with Crippen LogP contribution in [0.4, 0.5) is 0 Å². The Hall–Kier alpha value is -0.770. The van der Waals surface area contributed by atoms with Crippen molar-refractivity contribution in [3.05, 3.63) is 0 Å². The molecule has 0 aromatic carbocycles. The second kappa shape index (κ2) is 5.20. The van der Waals surface area contributed by atoms with Crippen LogP contribution in [0.25, 0.3) is 0 Å². The van der Waals surface area contributed by atoms with Crippen molar-refractivity contribution in [1.29, 1.82) is 0 Å². The van der Waals surface area contributed by atoms with Crippen LogP contribution in [-0.2, 0) is 0 Å². The van der Waals surface area contributed by atoms with Gasteiger partial charge in [-0.3, -0.25) is 4.99 Å². The van der Waals surface area contributed by atoms with Gasteiger partial charge in [0.1, 0.15) is 0 Å². The lowest BCUT2D eigenvalue weighted by Gasteiger charge is -2.35. The maximum atomic E-state index is 5.74. The number of piperidine rings is 1. The summed E-state index contributed by atoms with van der Waals surface area (Å²) in [6, 6.07) is 0.488. The summed E-state index contributed by atoms with van der Waals surface area (Å²) in [5.74, 6) is 1.23. The van der Waals surface area contributed by atoms with E-state index in [-0.39, 0.29) is 0 Å². The lowest BCUT2D eigenvalue weighted by molar-refractivity contribution is 0.187. The lowest BCUT2D eigenvalue weighted by Crippen LogP contribution is -2.50. The van der Waals surface area contributed by atoms with E-state index in [0.29, 0.717) is 17.9 Å². The fourth-order valence-electron chi connectivity index (χ4n) is 1.97. The smallest absolute Gasteiger partial charge is 0.188 e. The Balaban J connectivity index is 2.41. The highest BCUT2D eigenvalue weighted by molar-refractivity contribution is 5.78. The molecular weight excluding hydrogens is 176 g/mol. The van der Waals surface area contributed by atoms with Gasteiger partial charge in [-0.15, -0.1) is 0 Å². The minimum atomic E-state index is 0.488. The number of rotatable bonds is 2. The molecule has 1 saturated heterocycles. The predicted molar refractivity (Wildman–Crippen MR) is 60.4 cm³/mol. The van der Waals surface area contributed by atoms with Gasteiger partial charge in [-0.25, -0.2) is 0 Å². The van der Waals surface area contributed by atoms with Crippen LogP contribution in [0.2, 0.25) is 0 Å². The first-order valence-corrected chi connectivity index (χ1v) is 5.38. The summed E-state index contributed by atoms with van der Waals surface area (Å²) in [5.41, 5.74) is 5.74. The maximum absolute atomic E-state index is 5.74. The van der Waals surface area contributed by atoms with Crippen molar-refractivity contribution >= 4 is 5.96 Å². The molecule has 0 bridgehead atoms. The van der Waals surface area contributed by atoms with Gasteiger partial charge in [-0.1, -0.05) is 6.92 Å². The van der Waals surface area contributed by atoms with Crippen LogP contribution in [0.3, 0.4) is 0 Å². The predicted octanol–water partition coefficient (Wildman–Crippen LogP) is 0.251. The fourth-order valence-corrected chi connectivity index (χ4v) is 1.97. The van der Waals surface area contributed by atoms with Crippen LogP contribution >= 0.6 is 0 Å². The molecule has 0 spiro atoms. The largest absolute Gasteiger partial charge is 0.370 e. The SMILES string of the molecule is CCN=C(N)NC1CCN(C)CC1C. The molecule has 0 aromatic heterocycles. The summed E-state index contributed by atoms with van der Waals surface area (Å²) < 4.78 is 0. The zero-order valence-corrected chi connectivity index (χ0v) is 9.45. The molecule has 3 N–H and O–H groups in total. The van der Waals surface area contributed by atoms with Crippen molar-refractivity contribution in [2.75, 3.05) is 26.7 Å². The number of nitrogens with two attached hydrogens (primary N) is 1. The highest BCUT2D eigenvalue weighted by atomic mass is 15.2. The van der Waals surface area contributed by atoms with E-state index in [1.165, 1.54) is 0 Å². The highest BCUT2D eigenvalue weighted by Gasteiger charge is 2.24. The summed E-state index contributed by atoms with van der Waals surface area (Å²) in [6.07, 6.45) is 1.15. The van der Waals surface area contributed by atoms with E-state index in [2.05, 4.69) is 29.2 Å². The first-order chi connectivity index (χ1) is 6.63. The van der Waals surface area contributed by atoms with E-state index in [1.54, 1.807) is 0 Å². The van der Waals surface area contributed by atoms with E-state index in [0.717, 1.165) is 26.1 Å². The molecule has 4 heteroatoms. The van der Waals surface area contributed by atoms with Crippen molar-refractivity contribution in [1.82, 2.24) is 10.2 Å². The lowest BCUT2D eigenvalue weighted by atomic mass is 9.94. The van der Waals surface area contributed by atoms with Gasteiger partial charge in [-0.2, -0.15) is 0 Å². The third-order valence-corrected chi connectivity index (χ3v) is 2.77. The zero-order valence-electron chi connectivity index (χ0n) is 9.45. The number of hydrogen-bond acceptors (Lipinski definition) is 2. The molecular formula is C10H22N4. The fraction of sp³-hybridized carbons (Fsp3) is 0.900. The van der Waals surface area contributed by atoms with E-state index in [4.69, 9.17) is 5.73 Å². The van der Waals surface area contributed by atoms with Gasteiger partial charge >= 0.3 is 0 Å². The van der Waals surface area contributed by atoms with Crippen molar-refractivity contribution in [2.24, 2.45) is 16.6 Å². The van der Waals surface area contributed by atoms with E-state index in [1.807, 2.05) is 6.92 Å². The molecule has 1 aliphatic heterocycles. The van der Waals surface area contributed by atoms with Gasteiger partial charge in [0.25, 0.3) is 0 Å². The second-order valence-electron chi connectivity index (χ2n) is 4.14. The Morgan fingerprint density at radius 1 is 1.64 bits per heavy atom. The number of hydrogen-bond donors (Lipinski definition) is 2. The molecule has 2 atom stereocenters.